The first-order chi connectivity index (χ1) is 8.52. The summed E-state index contributed by atoms with van der Waals surface area (Å²) in [6.45, 7) is 9.65. The molecule has 0 atom stereocenters. The number of nitrogens with zero attached hydrogens (tertiary/aromatic N) is 2. The van der Waals surface area contributed by atoms with E-state index in [-0.39, 0.29) is 0 Å². The third-order valence-corrected chi connectivity index (χ3v) is 4.38. The van der Waals surface area contributed by atoms with Crippen molar-refractivity contribution in [2.75, 3.05) is 11.4 Å². The number of aromatic nitrogens is 1. The second-order valence-electron chi connectivity index (χ2n) is 5.71. The number of hydrogen-bond acceptors (Lipinski definition) is 4. The van der Waals surface area contributed by atoms with Crippen LogP contribution in [0.25, 0.3) is 0 Å². The SMILES string of the molecule is CC(C)c1nc(N(CC2CC2)C(C)C)sc1C=O. The highest BCUT2D eigenvalue weighted by Crippen LogP contribution is 2.35. The molecule has 0 bridgehead atoms. The molecule has 0 aliphatic heterocycles. The molecular weight excluding hydrogens is 244 g/mol. The first kappa shape index (κ1) is 13.5. The third kappa shape index (κ3) is 2.91. The zero-order chi connectivity index (χ0) is 13.3. The van der Waals surface area contributed by atoms with Crippen LogP contribution in [-0.2, 0) is 0 Å². The van der Waals surface area contributed by atoms with E-state index in [2.05, 4.69) is 32.6 Å². The van der Waals surface area contributed by atoms with Gasteiger partial charge in [-0.1, -0.05) is 25.2 Å². The van der Waals surface area contributed by atoms with Gasteiger partial charge in [-0.2, -0.15) is 0 Å². The Balaban J connectivity index is 2.25. The van der Waals surface area contributed by atoms with Crippen molar-refractivity contribution in [2.45, 2.75) is 52.5 Å². The maximum absolute atomic E-state index is 11.1. The Labute approximate surface area is 113 Å². The smallest absolute Gasteiger partial charge is 0.186 e. The van der Waals surface area contributed by atoms with Gasteiger partial charge >= 0.3 is 0 Å². The first-order valence-electron chi connectivity index (χ1n) is 6.75. The van der Waals surface area contributed by atoms with E-state index in [1.807, 2.05) is 0 Å². The van der Waals surface area contributed by atoms with E-state index < -0.39 is 0 Å². The molecule has 0 radical (unpaired) electrons. The fourth-order valence-electron chi connectivity index (χ4n) is 2.04. The summed E-state index contributed by atoms with van der Waals surface area (Å²) in [5, 5.41) is 1.02. The number of hydrogen-bond donors (Lipinski definition) is 0. The molecule has 1 aliphatic rings. The lowest BCUT2D eigenvalue weighted by molar-refractivity contribution is 0.112. The number of carbonyl (C=O) groups excluding carboxylic acids is 1. The number of anilines is 1. The van der Waals surface area contributed by atoms with Crippen LogP contribution in [0, 0.1) is 5.92 Å². The Hall–Kier alpha value is -0.900. The quantitative estimate of drug-likeness (QED) is 0.736. The zero-order valence-corrected chi connectivity index (χ0v) is 12.5. The predicted molar refractivity (Wildman–Crippen MR) is 76.8 cm³/mol. The van der Waals surface area contributed by atoms with Crippen molar-refractivity contribution in [1.82, 2.24) is 4.98 Å². The number of thiazole rings is 1. The van der Waals surface area contributed by atoms with Gasteiger partial charge in [0.05, 0.1) is 10.6 Å². The largest absolute Gasteiger partial charge is 0.345 e. The van der Waals surface area contributed by atoms with Crippen LogP contribution in [0.2, 0.25) is 0 Å². The highest BCUT2D eigenvalue weighted by atomic mass is 32.1. The molecule has 18 heavy (non-hydrogen) atoms. The second-order valence-corrected chi connectivity index (χ2v) is 6.72. The van der Waals surface area contributed by atoms with Crippen molar-refractivity contribution >= 4 is 22.8 Å². The van der Waals surface area contributed by atoms with E-state index in [1.54, 1.807) is 11.3 Å². The Morgan fingerprint density at radius 1 is 1.39 bits per heavy atom. The first-order valence-corrected chi connectivity index (χ1v) is 7.57. The summed E-state index contributed by atoms with van der Waals surface area (Å²) < 4.78 is 0. The van der Waals surface area contributed by atoms with Gasteiger partial charge in [0.15, 0.2) is 11.4 Å². The Morgan fingerprint density at radius 3 is 2.44 bits per heavy atom. The van der Waals surface area contributed by atoms with E-state index in [9.17, 15) is 4.79 Å². The Bertz CT molecular complexity index is 421. The molecule has 2 rings (SSSR count). The van der Waals surface area contributed by atoms with Crippen molar-refractivity contribution in [3.8, 4) is 0 Å². The van der Waals surface area contributed by atoms with Crippen LogP contribution in [0.5, 0.6) is 0 Å². The minimum atomic E-state index is 0.310. The van der Waals surface area contributed by atoms with Gasteiger partial charge in [-0.15, -0.1) is 0 Å². The molecule has 0 aromatic carbocycles. The van der Waals surface area contributed by atoms with Crippen LogP contribution in [0.1, 0.15) is 61.8 Å². The van der Waals surface area contributed by atoms with Crippen LogP contribution in [0.4, 0.5) is 5.13 Å². The van der Waals surface area contributed by atoms with Gasteiger partial charge in [0, 0.05) is 12.6 Å². The van der Waals surface area contributed by atoms with Crippen LogP contribution in [0.3, 0.4) is 0 Å². The normalized spacial score (nSPS) is 15.4. The molecule has 1 fully saturated rings. The van der Waals surface area contributed by atoms with Gasteiger partial charge in [0.2, 0.25) is 0 Å². The average Bonchev–Trinajstić information content (AvgIpc) is 3.02. The summed E-state index contributed by atoms with van der Waals surface area (Å²) >= 11 is 1.54. The molecule has 1 aromatic heterocycles. The van der Waals surface area contributed by atoms with Crippen LogP contribution in [-0.4, -0.2) is 23.9 Å². The molecule has 1 aliphatic carbocycles. The highest BCUT2D eigenvalue weighted by Gasteiger charge is 2.28. The Kier molecular flexibility index (Phi) is 4.05. The average molecular weight is 266 g/mol. The topological polar surface area (TPSA) is 33.2 Å². The summed E-state index contributed by atoms with van der Waals surface area (Å²) in [7, 11) is 0. The van der Waals surface area contributed by atoms with Gasteiger partial charge in [0.1, 0.15) is 0 Å². The highest BCUT2D eigenvalue weighted by molar-refractivity contribution is 7.17. The van der Waals surface area contributed by atoms with Gasteiger partial charge in [-0.05, 0) is 38.5 Å². The second kappa shape index (κ2) is 5.39. The third-order valence-electron chi connectivity index (χ3n) is 3.34. The van der Waals surface area contributed by atoms with Crippen molar-refractivity contribution in [3.63, 3.8) is 0 Å². The monoisotopic (exact) mass is 266 g/mol. The van der Waals surface area contributed by atoms with Crippen molar-refractivity contribution in [3.05, 3.63) is 10.6 Å². The van der Waals surface area contributed by atoms with Crippen molar-refractivity contribution < 1.29 is 4.79 Å². The van der Waals surface area contributed by atoms with Crippen LogP contribution < -0.4 is 4.90 Å². The molecule has 0 saturated heterocycles. The summed E-state index contributed by atoms with van der Waals surface area (Å²) in [6.07, 6.45) is 3.63. The number of carbonyl (C=O) groups is 1. The summed E-state index contributed by atoms with van der Waals surface area (Å²) in [6, 6.07) is 0.441. The lowest BCUT2D eigenvalue weighted by atomic mass is 10.1. The van der Waals surface area contributed by atoms with Gasteiger partial charge in [-0.25, -0.2) is 4.98 Å². The molecule has 1 heterocycles. The number of aldehydes is 1. The number of rotatable bonds is 6. The molecule has 0 amide bonds. The van der Waals surface area contributed by atoms with E-state index in [0.29, 0.717) is 12.0 Å². The molecule has 0 unspecified atom stereocenters. The molecule has 3 nitrogen and oxygen atoms in total. The summed E-state index contributed by atoms with van der Waals surface area (Å²) in [5.74, 6) is 1.14. The molecule has 1 aromatic rings. The van der Waals surface area contributed by atoms with Gasteiger partial charge in [0.25, 0.3) is 0 Å². The maximum Gasteiger partial charge on any atom is 0.186 e. The predicted octanol–water partition coefficient (Wildman–Crippen LogP) is 3.70. The van der Waals surface area contributed by atoms with Crippen LogP contribution >= 0.6 is 11.3 Å². The minimum absolute atomic E-state index is 0.310. The van der Waals surface area contributed by atoms with E-state index >= 15 is 0 Å². The Morgan fingerprint density at radius 2 is 2.06 bits per heavy atom. The van der Waals surface area contributed by atoms with E-state index in [4.69, 9.17) is 4.98 Å². The van der Waals surface area contributed by atoms with Crippen molar-refractivity contribution in [2.24, 2.45) is 5.92 Å². The van der Waals surface area contributed by atoms with Gasteiger partial charge < -0.3 is 4.90 Å². The van der Waals surface area contributed by atoms with Crippen LogP contribution in [0.15, 0.2) is 0 Å². The fourth-order valence-corrected chi connectivity index (χ4v) is 3.22. The summed E-state index contributed by atoms with van der Waals surface area (Å²) in [5.41, 5.74) is 0.950. The van der Waals surface area contributed by atoms with Gasteiger partial charge in [-0.3, -0.25) is 4.79 Å². The van der Waals surface area contributed by atoms with E-state index in [0.717, 1.165) is 34.5 Å². The zero-order valence-electron chi connectivity index (χ0n) is 11.6. The molecular formula is C14H22N2OS. The summed E-state index contributed by atoms with van der Waals surface area (Å²) in [4.78, 5) is 19.0. The minimum Gasteiger partial charge on any atom is -0.345 e. The molecule has 0 spiro atoms. The molecule has 4 heteroatoms. The molecule has 0 N–H and O–H groups in total. The fraction of sp³-hybridized carbons (Fsp3) is 0.714. The molecule has 100 valence electrons. The maximum atomic E-state index is 11.1. The molecule has 1 saturated carbocycles. The lowest BCUT2D eigenvalue weighted by Crippen LogP contribution is -2.32. The lowest BCUT2D eigenvalue weighted by Gasteiger charge is -2.26. The standard InChI is InChI=1S/C14H22N2OS/c1-9(2)13-12(8-17)18-14(15-13)16(10(3)4)7-11-5-6-11/h8-11H,5-7H2,1-4H3. The van der Waals surface area contributed by atoms with E-state index in [1.165, 1.54) is 12.8 Å². The van der Waals surface area contributed by atoms with Crippen molar-refractivity contribution in [1.29, 1.82) is 0 Å².